The highest BCUT2D eigenvalue weighted by Gasteiger charge is 2.39. The molecule has 1 aliphatic heterocycles. The van der Waals surface area contributed by atoms with Gasteiger partial charge in [-0.1, -0.05) is 6.92 Å². The van der Waals surface area contributed by atoms with E-state index in [4.69, 9.17) is 0 Å². The molecule has 0 spiro atoms. The summed E-state index contributed by atoms with van der Waals surface area (Å²) < 4.78 is 0. The van der Waals surface area contributed by atoms with Gasteiger partial charge < -0.3 is 5.32 Å². The predicted octanol–water partition coefficient (Wildman–Crippen LogP) is 0.563. The third kappa shape index (κ3) is 2.70. The SMILES string of the molecule is CCC1(C)CN(Cc2nnn(C)n2)C(C)(C)CN1. The molecule has 2 heterocycles. The molecule has 1 atom stereocenters. The number of nitrogens with one attached hydrogen (secondary N) is 1. The molecule has 0 aromatic carbocycles. The zero-order chi connectivity index (χ0) is 13.4. The number of tetrazole rings is 1. The van der Waals surface area contributed by atoms with Gasteiger partial charge >= 0.3 is 0 Å². The van der Waals surface area contributed by atoms with E-state index in [0.29, 0.717) is 0 Å². The van der Waals surface area contributed by atoms with E-state index in [0.717, 1.165) is 31.9 Å². The Morgan fingerprint density at radius 3 is 2.61 bits per heavy atom. The molecule has 0 aliphatic carbocycles. The van der Waals surface area contributed by atoms with Gasteiger partial charge in [0.05, 0.1) is 13.6 Å². The average Bonchev–Trinajstić information content (AvgIpc) is 2.70. The lowest BCUT2D eigenvalue weighted by molar-refractivity contribution is 0.0226. The summed E-state index contributed by atoms with van der Waals surface area (Å²) in [4.78, 5) is 3.97. The van der Waals surface area contributed by atoms with Crippen LogP contribution in [0.25, 0.3) is 0 Å². The van der Waals surface area contributed by atoms with Crippen LogP contribution >= 0.6 is 0 Å². The standard InChI is InChI=1S/C12H24N6/c1-6-12(4)9-18(11(2,3)8-13-12)7-10-14-16-17(5)15-10/h13H,6-9H2,1-5H3. The molecular formula is C12H24N6. The molecule has 1 aromatic rings. The second kappa shape index (κ2) is 4.59. The van der Waals surface area contributed by atoms with Gasteiger partial charge in [0.2, 0.25) is 0 Å². The van der Waals surface area contributed by atoms with Crippen molar-refractivity contribution in [3.8, 4) is 0 Å². The highest BCUT2D eigenvalue weighted by molar-refractivity contribution is 5.00. The first kappa shape index (κ1) is 13.4. The highest BCUT2D eigenvalue weighted by Crippen LogP contribution is 2.26. The van der Waals surface area contributed by atoms with Gasteiger partial charge in [-0.25, -0.2) is 0 Å². The molecule has 6 heteroatoms. The van der Waals surface area contributed by atoms with Gasteiger partial charge in [0, 0.05) is 24.2 Å². The Bertz CT molecular complexity index is 412. The second-order valence-corrected chi connectivity index (χ2v) is 6.13. The summed E-state index contributed by atoms with van der Waals surface area (Å²) in [5.74, 6) is 0.797. The minimum Gasteiger partial charge on any atom is -0.308 e. The van der Waals surface area contributed by atoms with Crippen LogP contribution in [0.4, 0.5) is 0 Å². The summed E-state index contributed by atoms with van der Waals surface area (Å²) in [6.07, 6.45) is 1.12. The Hall–Kier alpha value is -1.01. The van der Waals surface area contributed by atoms with E-state index >= 15 is 0 Å². The maximum absolute atomic E-state index is 4.28. The first-order chi connectivity index (χ1) is 8.35. The molecular weight excluding hydrogens is 228 g/mol. The Morgan fingerprint density at radius 1 is 1.33 bits per heavy atom. The van der Waals surface area contributed by atoms with Crippen molar-refractivity contribution in [1.29, 1.82) is 0 Å². The topological polar surface area (TPSA) is 58.9 Å². The molecule has 2 rings (SSSR count). The molecule has 0 bridgehead atoms. The Morgan fingerprint density at radius 2 is 2.06 bits per heavy atom. The number of hydrogen-bond donors (Lipinski definition) is 1. The Labute approximate surface area is 109 Å². The molecule has 1 aliphatic rings. The number of aromatic nitrogens is 4. The molecule has 1 fully saturated rings. The molecule has 1 aromatic heterocycles. The molecule has 18 heavy (non-hydrogen) atoms. The molecule has 1 N–H and O–H groups in total. The van der Waals surface area contributed by atoms with Crippen LogP contribution in [0, 0.1) is 0 Å². The lowest BCUT2D eigenvalue weighted by Crippen LogP contribution is -2.66. The Kier molecular flexibility index (Phi) is 3.42. The van der Waals surface area contributed by atoms with Gasteiger partial charge in [0.25, 0.3) is 0 Å². The third-order valence-corrected chi connectivity index (χ3v) is 4.01. The van der Waals surface area contributed by atoms with Crippen LogP contribution in [0.2, 0.25) is 0 Å². The summed E-state index contributed by atoms with van der Waals surface area (Å²) in [5.41, 5.74) is 0.297. The maximum Gasteiger partial charge on any atom is 0.188 e. The first-order valence-electron chi connectivity index (χ1n) is 6.58. The summed E-state index contributed by atoms with van der Waals surface area (Å²) in [6, 6.07) is 0. The third-order valence-electron chi connectivity index (χ3n) is 4.01. The lowest BCUT2D eigenvalue weighted by Gasteiger charge is -2.50. The zero-order valence-corrected chi connectivity index (χ0v) is 12.1. The van der Waals surface area contributed by atoms with E-state index in [1.54, 1.807) is 7.05 Å². The van der Waals surface area contributed by atoms with E-state index in [2.05, 4.69) is 53.3 Å². The largest absolute Gasteiger partial charge is 0.308 e. The van der Waals surface area contributed by atoms with Crippen molar-refractivity contribution in [2.45, 2.75) is 51.7 Å². The molecule has 1 unspecified atom stereocenters. The monoisotopic (exact) mass is 252 g/mol. The van der Waals surface area contributed by atoms with Gasteiger partial charge in [-0.05, 0) is 32.4 Å². The number of nitrogens with zero attached hydrogens (tertiary/aromatic N) is 5. The van der Waals surface area contributed by atoms with Gasteiger partial charge in [-0.15, -0.1) is 10.2 Å². The van der Waals surface area contributed by atoms with Gasteiger partial charge in [-0.3, -0.25) is 4.90 Å². The summed E-state index contributed by atoms with van der Waals surface area (Å²) in [6.45, 7) is 11.8. The minimum absolute atomic E-state index is 0.119. The second-order valence-electron chi connectivity index (χ2n) is 6.13. The highest BCUT2D eigenvalue weighted by atomic mass is 15.6. The summed E-state index contributed by atoms with van der Waals surface area (Å²) >= 11 is 0. The lowest BCUT2D eigenvalue weighted by atomic mass is 9.88. The van der Waals surface area contributed by atoms with Crippen molar-refractivity contribution >= 4 is 0 Å². The van der Waals surface area contributed by atoms with Crippen LogP contribution in [0.1, 0.15) is 39.9 Å². The van der Waals surface area contributed by atoms with E-state index in [1.165, 1.54) is 4.80 Å². The quantitative estimate of drug-likeness (QED) is 0.852. The maximum atomic E-state index is 4.28. The van der Waals surface area contributed by atoms with Crippen LogP contribution in [0.5, 0.6) is 0 Å². The molecule has 0 saturated carbocycles. The first-order valence-corrected chi connectivity index (χ1v) is 6.58. The fraction of sp³-hybridized carbons (Fsp3) is 0.917. The van der Waals surface area contributed by atoms with Crippen molar-refractivity contribution in [1.82, 2.24) is 30.4 Å². The zero-order valence-electron chi connectivity index (χ0n) is 12.1. The fourth-order valence-electron chi connectivity index (χ4n) is 2.30. The van der Waals surface area contributed by atoms with E-state index < -0.39 is 0 Å². The van der Waals surface area contributed by atoms with Crippen molar-refractivity contribution in [2.24, 2.45) is 7.05 Å². The minimum atomic E-state index is 0.119. The van der Waals surface area contributed by atoms with E-state index in [9.17, 15) is 0 Å². The van der Waals surface area contributed by atoms with Gasteiger partial charge in [0.15, 0.2) is 5.82 Å². The Balaban J connectivity index is 2.12. The predicted molar refractivity (Wildman–Crippen MR) is 70.0 cm³/mol. The fourth-order valence-corrected chi connectivity index (χ4v) is 2.30. The molecule has 102 valence electrons. The van der Waals surface area contributed by atoms with Crippen molar-refractivity contribution < 1.29 is 0 Å². The van der Waals surface area contributed by atoms with Crippen LogP contribution in [-0.2, 0) is 13.6 Å². The number of aryl methyl sites for hydroxylation is 1. The smallest absolute Gasteiger partial charge is 0.188 e. The summed E-state index contributed by atoms with van der Waals surface area (Å²) in [5, 5.41) is 15.9. The van der Waals surface area contributed by atoms with Gasteiger partial charge in [0.1, 0.15) is 0 Å². The van der Waals surface area contributed by atoms with E-state index in [-0.39, 0.29) is 11.1 Å². The molecule has 0 amide bonds. The van der Waals surface area contributed by atoms with E-state index in [1.807, 2.05) is 0 Å². The van der Waals surface area contributed by atoms with Crippen molar-refractivity contribution in [2.75, 3.05) is 13.1 Å². The number of rotatable bonds is 3. The molecule has 6 nitrogen and oxygen atoms in total. The van der Waals surface area contributed by atoms with Crippen LogP contribution in [0.15, 0.2) is 0 Å². The van der Waals surface area contributed by atoms with Crippen LogP contribution in [0.3, 0.4) is 0 Å². The van der Waals surface area contributed by atoms with Crippen LogP contribution < -0.4 is 5.32 Å². The normalized spacial score (nSPS) is 28.5. The molecule has 1 saturated heterocycles. The summed E-state index contributed by atoms with van der Waals surface area (Å²) in [7, 11) is 1.80. The molecule has 0 radical (unpaired) electrons. The number of piperazine rings is 1. The average molecular weight is 252 g/mol. The van der Waals surface area contributed by atoms with Gasteiger partial charge in [-0.2, -0.15) is 4.80 Å². The van der Waals surface area contributed by atoms with Crippen molar-refractivity contribution in [3.63, 3.8) is 0 Å². The van der Waals surface area contributed by atoms with Crippen LogP contribution in [-0.4, -0.2) is 49.3 Å². The number of hydrogen-bond acceptors (Lipinski definition) is 5. The van der Waals surface area contributed by atoms with Crippen molar-refractivity contribution in [3.05, 3.63) is 5.82 Å².